The molecule has 9 nitrogen and oxygen atoms in total. The Bertz CT molecular complexity index is 872. The number of pyridine rings is 1. The van der Waals surface area contributed by atoms with Crippen molar-refractivity contribution < 1.29 is 9.26 Å². The molecule has 1 saturated carbocycles. The summed E-state index contributed by atoms with van der Waals surface area (Å²) in [4.78, 5) is 9.01. The predicted octanol–water partition coefficient (Wildman–Crippen LogP) is 3.37. The van der Waals surface area contributed by atoms with Crippen LogP contribution in [0.5, 0.6) is 5.75 Å². The van der Waals surface area contributed by atoms with Gasteiger partial charge in [0, 0.05) is 13.5 Å². The molecule has 0 unspecified atom stereocenters. The third-order valence-corrected chi connectivity index (χ3v) is 5.52. The maximum Gasteiger partial charge on any atom is 0.321 e. The van der Waals surface area contributed by atoms with Gasteiger partial charge in [0.1, 0.15) is 5.75 Å². The summed E-state index contributed by atoms with van der Waals surface area (Å²) in [7, 11) is 1.73. The average molecular weight is 430 g/mol. The highest BCUT2D eigenvalue weighted by Crippen LogP contribution is 2.26. The molecule has 0 saturated heterocycles. The van der Waals surface area contributed by atoms with E-state index >= 15 is 0 Å². The summed E-state index contributed by atoms with van der Waals surface area (Å²) < 4.78 is 11.4. The normalized spacial score (nSPS) is 15.5. The summed E-state index contributed by atoms with van der Waals surface area (Å²) in [6.07, 6.45) is 9.13. The van der Waals surface area contributed by atoms with Gasteiger partial charge in [-0.05, 0) is 51.2 Å². The molecule has 2 aromatic heterocycles. The molecule has 0 atom stereocenters. The fourth-order valence-corrected chi connectivity index (χ4v) is 3.66. The monoisotopic (exact) mass is 429 g/mol. The van der Waals surface area contributed by atoms with E-state index in [1.807, 2.05) is 19.1 Å². The second kappa shape index (κ2) is 11.0. The highest BCUT2D eigenvalue weighted by Gasteiger charge is 2.18. The third kappa shape index (κ3) is 6.33. The van der Waals surface area contributed by atoms with E-state index in [4.69, 9.17) is 20.8 Å². The number of aryl methyl sites for hydroxylation is 2. The van der Waals surface area contributed by atoms with Crippen LogP contribution in [0.2, 0.25) is 0 Å². The van der Waals surface area contributed by atoms with Crippen LogP contribution in [0.3, 0.4) is 0 Å². The Morgan fingerprint density at radius 2 is 2.03 bits per heavy atom. The molecule has 9 heteroatoms. The quantitative estimate of drug-likeness (QED) is 0.384. The number of hydrogen-bond acceptors (Lipinski definition) is 9. The first-order valence-electron chi connectivity index (χ1n) is 11.2. The van der Waals surface area contributed by atoms with E-state index in [2.05, 4.69) is 27.4 Å². The molecule has 170 valence electrons. The van der Waals surface area contributed by atoms with Crippen LogP contribution < -0.4 is 21.6 Å². The predicted molar refractivity (Wildman–Crippen MR) is 121 cm³/mol. The SMILES string of the molecule is CCCCc1noc(NC/C(=C(/N)c2ccc(OC3CCCCC3)c(C)n2)N(C)N)n1. The summed E-state index contributed by atoms with van der Waals surface area (Å²) in [6.45, 7) is 4.39. The molecular weight excluding hydrogens is 394 g/mol. The van der Waals surface area contributed by atoms with Gasteiger partial charge in [0.2, 0.25) is 0 Å². The smallest absolute Gasteiger partial charge is 0.321 e. The summed E-state index contributed by atoms with van der Waals surface area (Å²) >= 11 is 0. The number of rotatable bonds is 10. The summed E-state index contributed by atoms with van der Waals surface area (Å²) in [6, 6.07) is 4.16. The zero-order chi connectivity index (χ0) is 22.2. The van der Waals surface area contributed by atoms with Gasteiger partial charge < -0.3 is 25.3 Å². The standard InChI is InChI=1S/C22H35N7O2/c1-4-5-11-20-27-22(31-28-20)25-14-18(29(3)24)21(23)17-12-13-19(15(2)26-17)30-16-9-7-6-8-10-16/h12-13,16H,4-11,14,23-24H2,1-3H3,(H,25,27,28)/b21-18-. The zero-order valence-corrected chi connectivity index (χ0v) is 18.9. The maximum atomic E-state index is 6.43. The Balaban J connectivity index is 1.69. The molecule has 31 heavy (non-hydrogen) atoms. The van der Waals surface area contributed by atoms with Gasteiger partial charge in [0.25, 0.3) is 0 Å². The molecule has 0 radical (unpaired) electrons. The van der Waals surface area contributed by atoms with Gasteiger partial charge in [-0.25, -0.2) is 10.8 Å². The molecule has 2 heterocycles. The van der Waals surface area contributed by atoms with Crippen molar-refractivity contribution in [3.05, 3.63) is 35.0 Å². The van der Waals surface area contributed by atoms with Gasteiger partial charge >= 0.3 is 6.01 Å². The number of hydrazine groups is 1. The maximum absolute atomic E-state index is 6.43. The topological polar surface area (TPSA) is 128 Å². The molecule has 2 aromatic rings. The number of nitrogens with two attached hydrogens (primary N) is 2. The van der Waals surface area contributed by atoms with Gasteiger partial charge in [0.05, 0.1) is 35.4 Å². The highest BCUT2D eigenvalue weighted by atomic mass is 16.5. The number of ether oxygens (including phenoxy) is 1. The van der Waals surface area contributed by atoms with Crippen LogP contribution >= 0.6 is 0 Å². The summed E-state index contributed by atoms with van der Waals surface area (Å²) in [5.41, 5.74) is 9.04. The van der Waals surface area contributed by atoms with Crippen LogP contribution in [-0.4, -0.2) is 39.8 Å². The molecule has 5 N–H and O–H groups in total. The minimum absolute atomic E-state index is 0.277. The molecule has 0 aromatic carbocycles. The lowest BCUT2D eigenvalue weighted by Gasteiger charge is -2.24. The molecule has 0 bridgehead atoms. The lowest BCUT2D eigenvalue weighted by atomic mass is 9.98. The fraction of sp³-hybridized carbons (Fsp3) is 0.591. The van der Waals surface area contributed by atoms with E-state index < -0.39 is 0 Å². The third-order valence-electron chi connectivity index (χ3n) is 5.52. The molecule has 0 aliphatic heterocycles. The van der Waals surface area contributed by atoms with Crippen molar-refractivity contribution in [2.24, 2.45) is 11.6 Å². The Kier molecular flexibility index (Phi) is 8.11. The van der Waals surface area contributed by atoms with Crippen molar-refractivity contribution in [3.63, 3.8) is 0 Å². The van der Waals surface area contributed by atoms with Gasteiger partial charge in [-0.1, -0.05) is 24.9 Å². The van der Waals surface area contributed by atoms with E-state index in [1.54, 1.807) is 7.05 Å². The number of unbranched alkanes of at least 4 members (excludes halogenated alkanes) is 1. The van der Waals surface area contributed by atoms with Crippen molar-refractivity contribution in [1.29, 1.82) is 0 Å². The second-order valence-corrected chi connectivity index (χ2v) is 8.10. The Morgan fingerprint density at radius 1 is 1.26 bits per heavy atom. The van der Waals surface area contributed by atoms with E-state index in [9.17, 15) is 0 Å². The first-order valence-corrected chi connectivity index (χ1v) is 11.2. The van der Waals surface area contributed by atoms with Gasteiger partial charge in [-0.15, -0.1) is 0 Å². The Hall–Kier alpha value is -2.81. The Morgan fingerprint density at radius 3 is 2.71 bits per heavy atom. The minimum Gasteiger partial charge on any atom is -0.489 e. The number of anilines is 1. The fourth-order valence-electron chi connectivity index (χ4n) is 3.66. The number of aromatic nitrogens is 3. The molecular formula is C22H35N7O2. The van der Waals surface area contributed by atoms with Crippen LogP contribution in [0.1, 0.15) is 69.1 Å². The van der Waals surface area contributed by atoms with E-state index in [0.717, 1.165) is 43.5 Å². The summed E-state index contributed by atoms with van der Waals surface area (Å²) in [5.74, 6) is 7.54. The van der Waals surface area contributed by atoms with E-state index in [1.165, 1.54) is 24.3 Å². The van der Waals surface area contributed by atoms with E-state index in [-0.39, 0.29) is 6.10 Å². The van der Waals surface area contributed by atoms with Crippen LogP contribution in [0.25, 0.3) is 5.70 Å². The Labute approximate surface area is 184 Å². The van der Waals surface area contributed by atoms with Crippen LogP contribution in [0.4, 0.5) is 6.01 Å². The number of nitrogens with one attached hydrogen (secondary N) is 1. The lowest BCUT2D eigenvalue weighted by Crippen LogP contribution is -2.32. The number of likely N-dealkylation sites (N-methyl/N-ethyl adjacent to an activating group) is 1. The van der Waals surface area contributed by atoms with Gasteiger partial charge in [-0.3, -0.25) is 0 Å². The van der Waals surface area contributed by atoms with Crippen molar-refractivity contribution >= 4 is 11.7 Å². The van der Waals surface area contributed by atoms with Crippen molar-refractivity contribution in [2.45, 2.75) is 71.3 Å². The molecule has 1 fully saturated rings. The number of hydrogen-bond donors (Lipinski definition) is 3. The molecule has 0 spiro atoms. The number of nitrogens with zero attached hydrogens (tertiary/aromatic N) is 4. The molecule has 1 aliphatic carbocycles. The molecule has 1 aliphatic rings. The molecule has 0 amide bonds. The average Bonchev–Trinajstić information content (AvgIpc) is 3.22. The first-order chi connectivity index (χ1) is 15.0. The molecule has 3 rings (SSSR count). The van der Waals surface area contributed by atoms with Crippen LogP contribution in [-0.2, 0) is 6.42 Å². The van der Waals surface area contributed by atoms with Crippen LogP contribution in [0.15, 0.2) is 22.4 Å². The second-order valence-electron chi connectivity index (χ2n) is 8.10. The zero-order valence-electron chi connectivity index (χ0n) is 18.9. The van der Waals surface area contributed by atoms with Crippen molar-refractivity contribution in [2.75, 3.05) is 18.9 Å². The first kappa shape index (κ1) is 22.9. The van der Waals surface area contributed by atoms with Gasteiger partial charge in [-0.2, -0.15) is 4.98 Å². The largest absolute Gasteiger partial charge is 0.489 e. The lowest BCUT2D eigenvalue weighted by molar-refractivity contribution is 0.153. The van der Waals surface area contributed by atoms with Gasteiger partial charge in [0.15, 0.2) is 5.82 Å². The van der Waals surface area contributed by atoms with E-state index in [0.29, 0.717) is 35.5 Å². The minimum atomic E-state index is 0.277. The highest BCUT2D eigenvalue weighted by molar-refractivity contribution is 5.64. The summed E-state index contributed by atoms with van der Waals surface area (Å²) in [5, 5.41) is 8.56. The van der Waals surface area contributed by atoms with Crippen molar-refractivity contribution in [1.82, 2.24) is 20.1 Å². The van der Waals surface area contributed by atoms with Crippen molar-refractivity contribution in [3.8, 4) is 5.75 Å². The van der Waals surface area contributed by atoms with Crippen LogP contribution in [0, 0.1) is 6.92 Å².